The molecule has 1 aromatic heterocycles. The molecule has 5 N–H and O–H groups in total. The van der Waals surface area contributed by atoms with E-state index in [2.05, 4.69) is 15.5 Å². The van der Waals surface area contributed by atoms with E-state index >= 15 is 0 Å². The number of benzene rings is 2. The number of allylic oxidation sites excluding steroid dienone is 2. The SMILES string of the molecule is Cn1nnnc1C(C=CC(O)CC(O)CC(=O)O)=C(c1ccc(F)cc1)c1ccc(F)cc1.O. The summed E-state index contributed by atoms with van der Waals surface area (Å²) in [7, 11) is 1.61. The predicted octanol–water partition coefficient (Wildman–Crippen LogP) is 1.77. The summed E-state index contributed by atoms with van der Waals surface area (Å²) in [4.78, 5) is 10.8. The van der Waals surface area contributed by atoms with Crippen LogP contribution in [-0.4, -0.2) is 59.2 Å². The van der Waals surface area contributed by atoms with Crippen molar-refractivity contribution in [2.45, 2.75) is 25.0 Å². The number of tetrazole rings is 1. The van der Waals surface area contributed by atoms with Crippen molar-refractivity contribution in [2.75, 3.05) is 0 Å². The van der Waals surface area contributed by atoms with Gasteiger partial charge in [0.15, 0.2) is 5.82 Å². The monoisotopic (exact) mass is 474 g/mol. The van der Waals surface area contributed by atoms with E-state index in [1.54, 1.807) is 31.3 Å². The largest absolute Gasteiger partial charge is 0.481 e. The van der Waals surface area contributed by atoms with Gasteiger partial charge < -0.3 is 20.8 Å². The summed E-state index contributed by atoms with van der Waals surface area (Å²) < 4.78 is 28.6. The van der Waals surface area contributed by atoms with E-state index < -0.39 is 36.2 Å². The zero-order valence-electron chi connectivity index (χ0n) is 18.1. The van der Waals surface area contributed by atoms with Crippen LogP contribution in [-0.2, 0) is 11.8 Å². The summed E-state index contributed by atoms with van der Waals surface area (Å²) in [5, 5.41) is 40.5. The topological polar surface area (TPSA) is 153 Å². The number of rotatable bonds is 9. The van der Waals surface area contributed by atoms with Crippen molar-refractivity contribution in [3.05, 3.63) is 89.3 Å². The Labute approximate surface area is 193 Å². The molecule has 0 amide bonds. The fraction of sp³-hybridized carbons (Fsp3) is 0.217. The fourth-order valence-corrected chi connectivity index (χ4v) is 3.29. The van der Waals surface area contributed by atoms with E-state index in [9.17, 15) is 23.8 Å². The van der Waals surface area contributed by atoms with Crippen LogP contribution in [0.25, 0.3) is 11.1 Å². The number of aromatic nitrogens is 4. The molecule has 0 bridgehead atoms. The Morgan fingerprint density at radius 2 is 1.56 bits per heavy atom. The van der Waals surface area contributed by atoms with Crippen molar-refractivity contribution < 1.29 is 34.4 Å². The fourth-order valence-electron chi connectivity index (χ4n) is 3.29. The Morgan fingerprint density at radius 3 is 2.00 bits per heavy atom. The molecule has 2 aromatic carbocycles. The highest BCUT2D eigenvalue weighted by atomic mass is 19.1. The Kier molecular flexibility index (Phi) is 9.25. The van der Waals surface area contributed by atoms with Crippen LogP contribution in [0.5, 0.6) is 0 Å². The Balaban J connectivity index is 0.00000408. The molecule has 0 aliphatic rings. The molecule has 0 radical (unpaired) electrons. The van der Waals surface area contributed by atoms with E-state index in [1.807, 2.05) is 0 Å². The average Bonchev–Trinajstić information content (AvgIpc) is 3.18. The highest BCUT2D eigenvalue weighted by molar-refractivity contribution is 6.00. The van der Waals surface area contributed by atoms with Crippen molar-refractivity contribution in [1.29, 1.82) is 0 Å². The molecule has 11 heteroatoms. The van der Waals surface area contributed by atoms with E-state index in [-0.39, 0.29) is 11.9 Å². The molecule has 3 rings (SSSR count). The van der Waals surface area contributed by atoms with Gasteiger partial charge in [0.05, 0.1) is 18.6 Å². The number of aliphatic hydroxyl groups excluding tert-OH is 2. The third kappa shape index (κ3) is 6.85. The Morgan fingerprint density at radius 1 is 1.03 bits per heavy atom. The molecule has 0 spiro atoms. The van der Waals surface area contributed by atoms with Crippen LogP contribution in [0.15, 0.2) is 60.7 Å². The average molecular weight is 474 g/mol. The molecule has 3 aromatic rings. The highest BCUT2D eigenvalue weighted by Gasteiger charge is 2.18. The zero-order valence-corrected chi connectivity index (χ0v) is 18.1. The summed E-state index contributed by atoms with van der Waals surface area (Å²) in [6.07, 6.45) is -0.196. The van der Waals surface area contributed by atoms with Crippen molar-refractivity contribution in [3.63, 3.8) is 0 Å². The third-order valence-electron chi connectivity index (χ3n) is 4.81. The summed E-state index contributed by atoms with van der Waals surface area (Å²) in [5.41, 5.74) is 2.16. The number of halogens is 2. The molecule has 0 saturated carbocycles. The molecule has 0 aliphatic heterocycles. The van der Waals surface area contributed by atoms with Crippen molar-refractivity contribution in [2.24, 2.45) is 7.05 Å². The first-order valence-electron chi connectivity index (χ1n) is 9.99. The molecule has 2 unspecified atom stereocenters. The molecular formula is C23H24F2N4O5. The molecule has 180 valence electrons. The number of carbonyl (C=O) groups is 1. The highest BCUT2D eigenvalue weighted by Crippen LogP contribution is 2.32. The van der Waals surface area contributed by atoms with Crippen LogP contribution in [0.3, 0.4) is 0 Å². The minimum atomic E-state index is -1.24. The van der Waals surface area contributed by atoms with Crippen molar-refractivity contribution in [1.82, 2.24) is 20.2 Å². The summed E-state index contributed by atoms with van der Waals surface area (Å²) in [6, 6.07) is 11.4. The van der Waals surface area contributed by atoms with E-state index in [0.717, 1.165) is 0 Å². The number of carboxylic acid groups (broad SMARTS) is 1. The molecule has 9 nitrogen and oxygen atoms in total. The summed E-state index contributed by atoms with van der Waals surface area (Å²) in [5.74, 6) is -1.73. The van der Waals surface area contributed by atoms with Gasteiger partial charge in [0.1, 0.15) is 11.6 Å². The van der Waals surface area contributed by atoms with E-state index in [0.29, 0.717) is 28.1 Å². The van der Waals surface area contributed by atoms with Gasteiger partial charge in [-0.1, -0.05) is 36.4 Å². The summed E-state index contributed by atoms with van der Waals surface area (Å²) >= 11 is 0. The molecule has 2 atom stereocenters. The van der Waals surface area contributed by atoms with E-state index in [4.69, 9.17) is 5.11 Å². The van der Waals surface area contributed by atoms with Crippen LogP contribution in [0.1, 0.15) is 29.8 Å². The number of aliphatic hydroxyl groups is 2. The van der Waals surface area contributed by atoms with Crippen LogP contribution in [0.4, 0.5) is 8.78 Å². The lowest BCUT2D eigenvalue weighted by atomic mass is 9.91. The van der Waals surface area contributed by atoms with Crippen LogP contribution in [0.2, 0.25) is 0 Å². The first kappa shape index (κ1) is 26.5. The molecule has 1 heterocycles. The number of hydrogen-bond donors (Lipinski definition) is 3. The lowest BCUT2D eigenvalue weighted by molar-refractivity contribution is -0.139. The van der Waals surface area contributed by atoms with Gasteiger partial charge in [-0.3, -0.25) is 4.79 Å². The second-order valence-corrected chi connectivity index (χ2v) is 7.34. The number of hydrogen-bond acceptors (Lipinski definition) is 6. The smallest absolute Gasteiger partial charge is 0.305 e. The van der Waals surface area contributed by atoms with Crippen molar-refractivity contribution in [3.8, 4) is 0 Å². The first-order chi connectivity index (χ1) is 15.7. The third-order valence-corrected chi connectivity index (χ3v) is 4.81. The van der Waals surface area contributed by atoms with Crippen LogP contribution >= 0.6 is 0 Å². The Bertz CT molecular complexity index is 1110. The quantitative estimate of drug-likeness (QED) is 0.400. The second-order valence-electron chi connectivity index (χ2n) is 7.34. The maximum Gasteiger partial charge on any atom is 0.305 e. The number of aliphatic carboxylic acids is 1. The predicted molar refractivity (Wildman–Crippen MR) is 119 cm³/mol. The number of nitrogens with zero attached hydrogens (tertiary/aromatic N) is 4. The van der Waals surface area contributed by atoms with Gasteiger partial charge in [-0.05, 0) is 51.4 Å². The molecule has 34 heavy (non-hydrogen) atoms. The minimum absolute atomic E-state index is 0. The van der Waals surface area contributed by atoms with Gasteiger partial charge in [-0.15, -0.1) is 5.10 Å². The standard InChI is InChI=1S/C23H22F2N4O4.H2O/c1-29-23(26-27-28-29)20(11-10-18(30)12-19(31)13-21(32)33)22(14-2-6-16(24)7-3-14)15-4-8-17(25)9-5-15;/h2-11,18-19,30-31H,12-13H2,1H3,(H,32,33);1H2. The van der Waals surface area contributed by atoms with Crippen molar-refractivity contribution >= 4 is 17.1 Å². The zero-order chi connectivity index (χ0) is 24.0. The lowest BCUT2D eigenvalue weighted by Crippen LogP contribution is -2.19. The molecule has 0 fully saturated rings. The van der Waals surface area contributed by atoms with Crippen LogP contribution in [0, 0.1) is 11.6 Å². The number of carboxylic acids is 1. The van der Waals surface area contributed by atoms with Gasteiger partial charge in [0, 0.05) is 19.0 Å². The maximum atomic E-state index is 13.6. The maximum absolute atomic E-state index is 13.6. The van der Waals surface area contributed by atoms with Gasteiger partial charge in [-0.25, -0.2) is 13.5 Å². The van der Waals surface area contributed by atoms with Gasteiger partial charge >= 0.3 is 5.97 Å². The summed E-state index contributed by atoms with van der Waals surface area (Å²) in [6.45, 7) is 0. The minimum Gasteiger partial charge on any atom is -0.481 e. The van der Waals surface area contributed by atoms with Crippen LogP contribution < -0.4 is 0 Å². The Hall–Kier alpha value is -3.80. The molecule has 0 saturated heterocycles. The molecule has 0 aliphatic carbocycles. The van der Waals surface area contributed by atoms with Gasteiger partial charge in [-0.2, -0.15) is 0 Å². The lowest BCUT2D eigenvalue weighted by Gasteiger charge is -2.15. The second kappa shape index (κ2) is 11.9. The number of aryl methyl sites for hydroxylation is 1. The van der Waals surface area contributed by atoms with E-state index in [1.165, 1.54) is 41.1 Å². The van der Waals surface area contributed by atoms with Gasteiger partial charge in [0.25, 0.3) is 0 Å². The molecular weight excluding hydrogens is 450 g/mol. The normalized spacial score (nSPS) is 12.7. The van der Waals surface area contributed by atoms with Gasteiger partial charge in [0.2, 0.25) is 0 Å². The first-order valence-corrected chi connectivity index (χ1v) is 9.99.